The Morgan fingerprint density at radius 1 is 1.45 bits per heavy atom. The summed E-state index contributed by atoms with van der Waals surface area (Å²) in [6.07, 6.45) is 4.52. The molecule has 0 fully saturated rings. The zero-order valence-corrected chi connectivity index (χ0v) is 6.54. The fraction of sp³-hybridized carbons (Fsp3) is 0.500. The van der Waals surface area contributed by atoms with Gasteiger partial charge in [0.25, 0.3) is 0 Å². The number of hydrogen-bond donors (Lipinski definition) is 1. The quantitative estimate of drug-likeness (QED) is 0.589. The van der Waals surface area contributed by atoms with Crippen LogP contribution < -0.4 is 5.32 Å². The van der Waals surface area contributed by atoms with Gasteiger partial charge >= 0.3 is 0 Å². The number of fused-ring (bicyclic) bond motifs is 1. The largest absolute Gasteiger partial charge is 0.308 e. The summed E-state index contributed by atoms with van der Waals surface area (Å²) in [5.41, 5.74) is 2.26. The second kappa shape index (κ2) is 2.58. The SMILES string of the molecule is C[C@@H]1NCCc2nccnc21. The topological polar surface area (TPSA) is 37.8 Å². The van der Waals surface area contributed by atoms with Gasteiger partial charge in [0.15, 0.2) is 0 Å². The molecular weight excluding hydrogens is 138 g/mol. The molecular formula is C8H11N3. The van der Waals surface area contributed by atoms with Gasteiger partial charge in [-0.3, -0.25) is 9.97 Å². The molecule has 2 heterocycles. The van der Waals surface area contributed by atoms with E-state index in [2.05, 4.69) is 22.2 Å². The van der Waals surface area contributed by atoms with Crippen molar-refractivity contribution in [3.63, 3.8) is 0 Å². The summed E-state index contributed by atoms with van der Waals surface area (Å²) in [6, 6.07) is 0.368. The van der Waals surface area contributed by atoms with Crippen LogP contribution in [0.5, 0.6) is 0 Å². The van der Waals surface area contributed by atoms with Crippen LogP contribution in [0.3, 0.4) is 0 Å². The van der Waals surface area contributed by atoms with Crippen LogP contribution in [0.4, 0.5) is 0 Å². The van der Waals surface area contributed by atoms with Crippen molar-refractivity contribution in [1.29, 1.82) is 0 Å². The Bertz CT molecular complexity index is 259. The lowest BCUT2D eigenvalue weighted by molar-refractivity contribution is 0.517. The Labute approximate surface area is 65.9 Å². The van der Waals surface area contributed by atoms with Gasteiger partial charge in [0.1, 0.15) is 0 Å². The van der Waals surface area contributed by atoms with Gasteiger partial charge in [-0.2, -0.15) is 0 Å². The second-order valence-electron chi connectivity index (χ2n) is 2.81. The Kier molecular flexibility index (Phi) is 1.58. The summed E-state index contributed by atoms with van der Waals surface area (Å²) in [5.74, 6) is 0. The van der Waals surface area contributed by atoms with Crippen molar-refractivity contribution < 1.29 is 0 Å². The van der Waals surface area contributed by atoms with Crippen LogP contribution in [-0.2, 0) is 6.42 Å². The van der Waals surface area contributed by atoms with Crippen molar-refractivity contribution in [3.05, 3.63) is 23.8 Å². The molecule has 11 heavy (non-hydrogen) atoms. The highest BCUT2D eigenvalue weighted by Crippen LogP contribution is 2.16. The molecule has 0 spiro atoms. The van der Waals surface area contributed by atoms with Crippen LogP contribution in [0, 0.1) is 0 Å². The zero-order chi connectivity index (χ0) is 7.68. The van der Waals surface area contributed by atoms with E-state index >= 15 is 0 Å². The van der Waals surface area contributed by atoms with Gasteiger partial charge in [-0.15, -0.1) is 0 Å². The Morgan fingerprint density at radius 3 is 3.09 bits per heavy atom. The predicted molar refractivity (Wildman–Crippen MR) is 42.2 cm³/mol. The molecule has 0 unspecified atom stereocenters. The number of nitrogens with zero attached hydrogens (tertiary/aromatic N) is 2. The van der Waals surface area contributed by atoms with E-state index in [9.17, 15) is 0 Å². The fourth-order valence-electron chi connectivity index (χ4n) is 1.44. The van der Waals surface area contributed by atoms with E-state index in [1.54, 1.807) is 12.4 Å². The van der Waals surface area contributed by atoms with E-state index in [-0.39, 0.29) is 0 Å². The minimum absolute atomic E-state index is 0.368. The Hall–Kier alpha value is -0.960. The lowest BCUT2D eigenvalue weighted by Gasteiger charge is -2.20. The molecule has 58 valence electrons. The van der Waals surface area contributed by atoms with Crippen LogP contribution in [0.25, 0.3) is 0 Å². The summed E-state index contributed by atoms with van der Waals surface area (Å²) in [4.78, 5) is 8.54. The van der Waals surface area contributed by atoms with Gasteiger partial charge in [0, 0.05) is 31.4 Å². The first-order valence-corrected chi connectivity index (χ1v) is 3.91. The lowest BCUT2D eigenvalue weighted by Crippen LogP contribution is -2.29. The molecule has 2 rings (SSSR count). The molecule has 0 saturated heterocycles. The Balaban J connectivity index is 2.44. The van der Waals surface area contributed by atoms with Gasteiger partial charge in [-0.25, -0.2) is 0 Å². The van der Waals surface area contributed by atoms with Crippen molar-refractivity contribution in [1.82, 2.24) is 15.3 Å². The van der Waals surface area contributed by atoms with Gasteiger partial charge in [-0.1, -0.05) is 0 Å². The molecule has 1 aromatic heterocycles. The van der Waals surface area contributed by atoms with Crippen LogP contribution in [-0.4, -0.2) is 16.5 Å². The predicted octanol–water partition coefficient (Wildman–Crippen LogP) is 0.683. The lowest BCUT2D eigenvalue weighted by atomic mass is 10.1. The molecule has 3 heteroatoms. The smallest absolute Gasteiger partial charge is 0.0785 e. The maximum Gasteiger partial charge on any atom is 0.0785 e. The first kappa shape index (κ1) is 6.73. The molecule has 1 aromatic rings. The van der Waals surface area contributed by atoms with Crippen molar-refractivity contribution >= 4 is 0 Å². The van der Waals surface area contributed by atoms with E-state index in [0.717, 1.165) is 24.4 Å². The number of rotatable bonds is 0. The summed E-state index contributed by atoms with van der Waals surface area (Å²) in [7, 11) is 0. The Morgan fingerprint density at radius 2 is 2.27 bits per heavy atom. The highest BCUT2D eigenvalue weighted by atomic mass is 15.0. The second-order valence-corrected chi connectivity index (χ2v) is 2.81. The molecule has 3 nitrogen and oxygen atoms in total. The van der Waals surface area contributed by atoms with Crippen molar-refractivity contribution in [3.8, 4) is 0 Å². The van der Waals surface area contributed by atoms with Gasteiger partial charge in [-0.05, 0) is 6.92 Å². The maximum atomic E-state index is 4.28. The van der Waals surface area contributed by atoms with E-state index in [0.29, 0.717) is 6.04 Å². The first-order valence-electron chi connectivity index (χ1n) is 3.91. The minimum atomic E-state index is 0.368. The third kappa shape index (κ3) is 1.12. The molecule has 0 aliphatic carbocycles. The normalized spacial score (nSPS) is 22.8. The van der Waals surface area contributed by atoms with Crippen LogP contribution >= 0.6 is 0 Å². The molecule has 1 aliphatic rings. The monoisotopic (exact) mass is 149 g/mol. The van der Waals surface area contributed by atoms with Crippen LogP contribution in [0.15, 0.2) is 12.4 Å². The van der Waals surface area contributed by atoms with E-state index in [4.69, 9.17) is 0 Å². The number of hydrogen-bond acceptors (Lipinski definition) is 3. The van der Waals surface area contributed by atoms with Crippen LogP contribution in [0.1, 0.15) is 24.4 Å². The number of aromatic nitrogens is 2. The molecule has 1 aliphatic heterocycles. The minimum Gasteiger partial charge on any atom is -0.308 e. The van der Waals surface area contributed by atoms with Crippen molar-refractivity contribution in [2.75, 3.05) is 6.54 Å². The summed E-state index contributed by atoms with van der Waals surface area (Å²) in [6.45, 7) is 3.14. The summed E-state index contributed by atoms with van der Waals surface area (Å²) >= 11 is 0. The van der Waals surface area contributed by atoms with E-state index in [1.165, 1.54) is 0 Å². The van der Waals surface area contributed by atoms with Gasteiger partial charge < -0.3 is 5.32 Å². The van der Waals surface area contributed by atoms with E-state index < -0.39 is 0 Å². The van der Waals surface area contributed by atoms with E-state index in [1.807, 2.05) is 0 Å². The molecule has 1 N–H and O–H groups in total. The summed E-state index contributed by atoms with van der Waals surface area (Å²) in [5, 5.41) is 3.34. The average Bonchev–Trinajstić information content (AvgIpc) is 2.06. The standard InChI is InChI=1S/C8H11N3/c1-6-8-7(2-3-9-6)10-4-5-11-8/h4-6,9H,2-3H2,1H3/t6-/m0/s1. The molecule has 0 saturated carbocycles. The molecule has 1 atom stereocenters. The molecule has 0 radical (unpaired) electrons. The fourth-order valence-corrected chi connectivity index (χ4v) is 1.44. The number of nitrogens with one attached hydrogen (secondary N) is 1. The third-order valence-corrected chi connectivity index (χ3v) is 2.03. The zero-order valence-electron chi connectivity index (χ0n) is 6.54. The molecule has 0 amide bonds. The van der Waals surface area contributed by atoms with Crippen LogP contribution in [0.2, 0.25) is 0 Å². The van der Waals surface area contributed by atoms with Gasteiger partial charge in [0.05, 0.1) is 11.4 Å². The highest BCUT2D eigenvalue weighted by molar-refractivity contribution is 5.17. The first-order chi connectivity index (χ1) is 5.38. The third-order valence-electron chi connectivity index (χ3n) is 2.03. The van der Waals surface area contributed by atoms with Crippen molar-refractivity contribution in [2.45, 2.75) is 19.4 Å². The molecule has 0 bridgehead atoms. The summed E-state index contributed by atoms with van der Waals surface area (Å²) < 4.78 is 0. The maximum absolute atomic E-state index is 4.28. The molecule has 0 aromatic carbocycles. The van der Waals surface area contributed by atoms with Crippen molar-refractivity contribution in [2.24, 2.45) is 0 Å². The van der Waals surface area contributed by atoms with Gasteiger partial charge in [0.2, 0.25) is 0 Å². The average molecular weight is 149 g/mol. The highest BCUT2D eigenvalue weighted by Gasteiger charge is 2.16.